The minimum atomic E-state index is -0.209. The van der Waals surface area contributed by atoms with Crippen LogP contribution >= 0.6 is 0 Å². The van der Waals surface area contributed by atoms with Crippen molar-refractivity contribution in [2.75, 3.05) is 0 Å². The molecule has 1 aliphatic carbocycles. The Labute approximate surface area is 66.4 Å². The zero-order chi connectivity index (χ0) is 7.40. The number of hydrogen-bond donors (Lipinski definition) is 0. The summed E-state index contributed by atoms with van der Waals surface area (Å²) >= 11 is -0.209. The van der Waals surface area contributed by atoms with Gasteiger partial charge in [-0.3, -0.25) is 0 Å². The molecule has 0 saturated heterocycles. The fourth-order valence-electron chi connectivity index (χ4n) is 0.785. The summed E-state index contributed by atoms with van der Waals surface area (Å²) in [5.74, 6) is 0. The Kier molecular flexibility index (Phi) is 2.72. The van der Waals surface area contributed by atoms with Crippen LogP contribution in [-0.2, 0) is 13.7 Å². The van der Waals surface area contributed by atoms with E-state index in [1.807, 2.05) is 10.0 Å². The molecule has 0 atom stereocenters. The van der Waals surface area contributed by atoms with Gasteiger partial charge in [-0.15, -0.1) is 0 Å². The second kappa shape index (κ2) is 3.59. The van der Waals surface area contributed by atoms with Gasteiger partial charge in [0.15, 0.2) is 0 Å². The fraction of sp³-hybridized carbons (Fsp3) is 0.111. The van der Waals surface area contributed by atoms with E-state index in [2.05, 4.69) is 31.4 Å². The van der Waals surface area contributed by atoms with Gasteiger partial charge < -0.3 is 0 Å². The minimum absolute atomic E-state index is 0.209. The van der Waals surface area contributed by atoms with Crippen molar-refractivity contribution in [2.24, 2.45) is 0 Å². The average Bonchev–Trinajstić information content (AvgIpc) is 2.43. The molecule has 0 aromatic rings. The molecule has 0 aromatic heterocycles. The fourth-order valence-corrected chi connectivity index (χ4v) is 2.17. The first-order valence-corrected chi connectivity index (χ1v) is 4.81. The Morgan fingerprint density at radius 2 is 2.10 bits per heavy atom. The van der Waals surface area contributed by atoms with Crippen LogP contribution in [0, 0.1) is 0 Å². The molecule has 0 aliphatic heterocycles. The van der Waals surface area contributed by atoms with E-state index in [1.165, 1.54) is 4.51 Å². The van der Waals surface area contributed by atoms with E-state index in [9.17, 15) is 0 Å². The summed E-state index contributed by atoms with van der Waals surface area (Å²) in [6.07, 6.45) is 7.50. The summed E-state index contributed by atoms with van der Waals surface area (Å²) in [4.78, 5) is 0. The topological polar surface area (TPSA) is 0 Å². The van der Waals surface area contributed by atoms with Gasteiger partial charge >= 0.3 is 66.0 Å². The van der Waals surface area contributed by atoms with Crippen molar-refractivity contribution in [1.29, 1.82) is 0 Å². The van der Waals surface area contributed by atoms with E-state index in [0.29, 0.717) is 0 Å². The summed E-state index contributed by atoms with van der Waals surface area (Å²) < 4.78 is 1.46. The predicted molar refractivity (Wildman–Crippen MR) is 42.2 cm³/mol. The van der Waals surface area contributed by atoms with Crippen molar-refractivity contribution in [3.63, 3.8) is 0 Å². The molecule has 56 valence electrons. The predicted octanol–water partition coefficient (Wildman–Crippen LogP) is 2.74. The zero-order valence-corrected chi connectivity index (χ0v) is 6.88. The third kappa shape index (κ3) is 1.49. The van der Waals surface area contributed by atoms with Crippen LogP contribution < -0.4 is 0 Å². The van der Waals surface area contributed by atoms with Crippen molar-refractivity contribution in [3.05, 3.63) is 45.9 Å². The van der Waals surface area contributed by atoms with E-state index in [-0.39, 0.29) is 13.7 Å². The summed E-state index contributed by atoms with van der Waals surface area (Å²) in [5, 5.41) is 3.97. The molecule has 0 aromatic carbocycles. The van der Waals surface area contributed by atoms with Crippen molar-refractivity contribution < 1.29 is 13.7 Å². The van der Waals surface area contributed by atoms with Crippen LogP contribution in [0.5, 0.6) is 0 Å². The Bertz CT molecular complexity index is 191. The van der Waals surface area contributed by atoms with Gasteiger partial charge in [-0.1, -0.05) is 0 Å². The van der Waals surface area contributed by atoms with E-state index in [4.69, 9.17) is 0 Å². The molecule has 0 fully saturated rings. The van der Waals surface area contributed by atoms with Crippen molar-refractivity contribution >= 4 is 0 Å². The first-order valence-electron chi connectivity index (χ1n) is 3.09. The first-order chi connectivity index (χ1) is 4.88. The number of hydrogen-bond acceptors (Lipinski definition) is 0. The second-order valence-electron chi connectivity index (χ2n) is 1.79. The molecule has 1 aliphatic rings. The molecule has 0 spiro atoms. The standard InChI is InChI=1S/C5H5.2C2H3.Co/c1-2-4-5-3-1;2*1-2;/h1-3H,4H2;2*1H,2H2;. The quantitative estimate of drug-likeness (QED) is 0.623. The molecule has 0 unspecified atom stereocenters. The molecular weight excluding hydrogens is 167 g/mol. The average molecular weight is 178 g/mol. The van der Waals surface area contributed by atoms with Crippen LogP contribution in [0.25, 0.3) is 0 Å². The van der Waals surface area contributed by atoms with Crippen LogP contribution in [0.15, 0.2) is 45.9 Å². The van der Waals surface area contributed by atoms with Gasteiger partial charge in [0.25, 0.3) is 0 Å². The van der Waals surface area contributed by atoms with Crippen LogP contribution in [-0.4, -0.2) is 0 Å². The number of rotatable bonds is 3. The third-order valence-corrected chi connectivity index (χ3v) is 3.32. The molecule has 0 amide bonds. The van der Waals surface area contributed by atoms with E-state index in [0.717, 1.165) is 6.42 Å². The summed E-state index contributed by atoms with van der Waals surface area (Å²) in [6, 6.07) is 0. The maximum absolute atomic E-state index is 3.76. The van der Waals surface area contributed by atoms with Gasteiger partial charge in [-0.25, -0.2) is 0 Å². The molecule has 0 nitrogen and oxygen atoms in total. The summed E-state index contributed by atoms with van der Waals surface area (Å²) in [6.45, 7) is 7.53. The molecule has 0 radical (unpaired) electrons. The second-order valence-corrected chi connectivity index (χ2v) is 4.26. The van der Waals surface area contributed by atoms with E-state index in [1.54, 1.807) is 0 Å². The van der Waals surface area contributed by atoms with Crippen LogP contribution in [0.1, 0.15) is 6.42 Å². The molecule has 0 N–H and O–H groups in total. The molecular formula is C9H11Co. The first kappa shape index (κ1) is 7.57. The van der Waals surface area contributed by atoms with Gasteiger partial charge in [0.2, 0.25) is 0 Å². The Morgan fingerprint density at radius 1 is 1.40 bits per heavy atom. The third-order valence-electron chi connectivity index (χ3n) is 1.25. The van der Waals surface area contributed by atoms with Gasteiger partial charge in [-0.2, -0.15) is 0 Å². The van der Waals surface area contributed by atoms with Crippen molar-refractivity contribution in [1.82, 2.24) is 0 Å². The summed E-state index contributed by atoms with van der Waals surface area (Å²) in [7, 11) is 0. The Morgan fingerprint density at radius 3 is 2.50 bits per heavy atom. The molecule has 1 rings (SSSR count). The monoisotopic (exact) mass is 178 g/mol. The maximum atomic E-state index is 3.76. The van der Waals surface area contributed by atoms with Gasteiger partial charge in [-0.05, 0) is 0 Å². The van der Waals surface area contributed by atoms with Gasteiger partial charge in [0, 0.05) is 0 Å². The number of allylic oxidation sites excluding steroid dienone is 4. The molecule has 0 bridgehead atoms. The van der Waals surface area contributed by atoms with Crippen LogP contribution in [0.4, 0.5) is 0 Å². The van der Waals surface area contributed by atoms with Crippen molar-refractivity contribution in [2.45, 2.75) is 6.42 Å². The summed E-state index contributed by atoms with van der Waals surface area (Å²) in [5.41, 5.74) is 0. The van der Waals surface area contributed by atoms with Gasteiger partial charge in [0.05, 0.1) is 0 Å². The SMILES string of the molecule is C=[CH][Co]([CH]=C)[C]1=CC=CC1. The van der Waals surface area contributed by atoms with Gasteiger partial charge in [0.1, 0.15) is 0 Å². The zero-order valence-electron chi connectivity index (χ0n) is 5.84. The normalized spacial score (nSPS) is 16.4. The molecule has 0 saturated carbocycles. The van der Waals surface area contributed by atoms with E-state index >= 15 is 0 Å². The van der Waals surface area contributed by atoms with Crippen molar-refractivity contribution in [3.8, 4) is 0 Å². The molecule has 0 heterocycles. The Hall–Kier alpha value is -0.534. The van der Waals surface area contributed by atoms with Crippen LogP contribution in [0.3, 0.4) is 0 Å². The molecule has 1 heteroatoms. The van der Waals surface area contributed by atoms with Crippen LogP contribution in [0.2, 0.25) is 0 Å². The molecule has 10 heavy (non-hydrogen) atoms. The Balaban J connectivity index is 2.63. The van der Waals surface area contributed by atoms with E-state index < -0.39 is 0 Å².